The van der Waals surface area contributed by atoms with Crippen LogP contribution in [0.1, 0.15) is 44.0 Å². The quantitative estimate of drug-likeness (QED) is 0.792. The predicted molar refractivity (Wildman–Crippen MR) is 71.8 cm³/mol. The van der Waals surface area contributed by atoms with Crippen molar-refractivity contribution in [2.45, 2.75) is 39.7 Å². The lowest BCUT2D eigenvalue weighted by atomic mass is 10.0. The lowest BCUT2D eigenvalue weighted by molar-refractivity contribution is 0.0937. The van der Waals surface area contributed by atoms with Crippen LogP contribution in [0.15, 0.2) is 18.2 Å². The first-order chi connectivity index (χ1) is 8.40. The number of anilines is 1. The standard InChI is InChI=1S/C14H21FN2O/c1-9(2)4-5-10(3)17-14(18)11-6-7-13(16)12(15)8-11/h6-10H,4-5,16H2,1-3H3,(H,17,18). The number of nitrogens with two attached hydrogens (primary N) is 1. The Hall–Kier alpha value is -1.58. The van der Waals surface area contributed by atoms with Crippen LogP contribution in [0.4, 0.5) is 10.1 Å². The first kappa shape index (κ1) is 14.5. The molecule has 1 aromatic carbocycles. The van der Waals surface area contributed by atoms with Gasteiger partial charge in [-0.15, -0.1) is 0 Å². The number of hydrogen-bond acceptors (Lipinski definition) is 2. The average molecular weight is 252 g/mol. The van der Waals surface area contributed by atoms with Crippen LogP contribution in [0.5, 0.6) is 0 Å². The van der Waals surface area contributed by atoms with Crippen molar-refractivity contribution in [1.29, 1.82) is 0 Å². The number of rotatable bonds is 5. The Balaban J connectivity index is 2.56. The summed E-state index contributed by atoms with van der Waals surface area (Å²) < 4.78 is 13.2. The summed E-state index contributed by atoms with van der Waals surface area (Å²) in [7, 11) is 0. The average Bonchev–Trinajstić information content (AvgIpc) is 2.30. The Morgan fingerprint density at radius 2 is 2.00 bits per heavy atom. The zero-order valence-electron chi connectivity index (χ0n) is 11.2. The third-order valence-corrected chi connectivity index (χ3v) is 2.82. The van der Waals surface area contributed by atoms with E-state index in [1.165, 1.54) is 18.2 Å². The fourth-order valence-electron chi connectivity index (χ4n) is 1.63. The van der Waals surface area contributed by atoms with Gasteiger partial charge in [-0.05, 0) is 43.9 Å². The SMILES string of the molecule is CC(C)CCC(C)NC(=O)c1ccc(N)c(F)c1. The lowest BCUT2D eigenvalue weighted by Gasteiger charge is -2.15. The molecule has 1 rings (SSSR count). The van der Waals surface area contributed by atoms with Crippen LogP contribution in [-0.4, -0.2) is 11.9 Å². The van der Waals surface area contributed by atoms with Crippen LogP contribution in [-0.2, 0) is 0 Å². The first-order valence-electron chi connectivity index (χ1n) is 6.26. The summed E-state index contributed by atoms with van der Waals surface area (Å²) in [5.74, 6) is -0.207. The second kappa shape index (κ2) is 6.38. The third kappa shape index (κ3) is 4.35. The summed E-state index contributed by atoms with van der Waals surface area (Å²) in [6.07, 6.45) is 1.97. The molecule has 4 heteroatoms. The maximum Gasteiger partial charge on any atom is 0.251 e. The highest BCUT2D eigenvalue weighted by atomic mass is 19.1. The first-order valence-corrected chi connectivity index (χ1v) is 6.26. The number of carbonyl (C=O) groups is 1. The molecule has 18 heavy (non-hydrogen) atoms. The molecule has 0 radical (unpaired) electrons. The van der Waals surface area contributed by atoms with E-state index in [0.29, 0.717) is 11.5 Å². The van der Waals surface area contributed by atoms with Gasteiger partial charge in [0.1, 0.15) is 5.82 Å². The monoisotopic (exact) mass is 252 g/mol. The molecular formula is C14H21FN2O. The number of hydrogen-bond donors (Lipinski definition) is 2. The highest BCUT2D eigenvalue weighted by Gasteiger charge is 2.11. The summed E-state index contributed by atoms with van der Waals surface area (Å²) in [6, 6.07) is 4.19. The molecule has 0 saturated heterocycles. The van der Waals surface area contributed by atoms with Crippen LogP contribution in [0, 0.1) is 11.7 Å². The summed E-state index contributed by atoms with van der Waals surface area (Å²) in [5, 5.41) is 2.85. The Morgan fingerprint density at radius 1 is 1.33 bits per heavy atom. The van der Waals surface area contributed by atoms with Gasteiger partial charge in [-0.25, -0.2) is 4.39 Å². The number of amides is 1. The van der Waals surface area contributed by atoms with E-state index in [2.05, 4.69) is 19.2 Å². The van der Waals surface area contributed by atoms with Crippen molar-refractivity contribution in [2.24, 2.45) is 5.92 Å². The maximum absolute atomic E-state index is 13.2. The van der Waals surface area contributed by atoms with Crippen molar-refractivity contribution >= 4 is 11.6 Å². The minimum absolute atomic E-state index is 0.0550. The molecule has 3 nitrogen and oxygen atoms in total. The van der Waals surface area contributed by atoms with Gasteiger partial charge in [-0.3, -0.25) is 4.79 Å². The second-order valence-electron chi connectivity index (χ2n) is 5.08. The minimum Gasteiger partial charge on any atom is -0.396 e. The normalized spacial score (nSPS) is 12.5. The van der Waals surface area contributed by atoms with Gasteiger partial charge in [-0.2, -0.15) is 0 Å². The Bertz CT molecular complexity index is 418. The number of nitrogens with one attached hydrogen (secondary N) is 1. The molecule has 1 aromatic rings. The van der Waals surface area contributed by atoms with E-state index in [1.807, 2.05) is 6.92 Å². The third-order valence-electron chi connectivity index (χ3n) is 2.82. The summed E-state index contributed by atoms with van der Waals surface area (Å²) in [5.41, 5.74) is 5.72. The topological polar surface area (TPSA) is 55.1 Å². The molecular weight excluding hydrogens is 231 g/mol. The molecule has 100 valence electrons. The van der Waals surface area contributed by atoms with Crippen molar-refractivity contribution < 1.29 is 9.18 Å². The van der Waals surface area contributed by atoms with Gasteiger partial charge in [0.25, 0.3) is 5.91 Å². The number of halogens is 1. The second-order valence-corrected chi connectivity index (χ2v) is 5.08. The van der Waals surface area contributed by atoms with E-state index in [4.69, 9.17) is 5.73 Å². The van der Waals surface area contributed by atoms with Crippen LogP contribution >= 0.6 is 0 Å². The van der Waals surface area contributed by atoms with Gasteiger partial charge in [0.15, 0.2) is 0 Å². The molecule has 0 aromatic heterocycles. The Morgan fingerprint density at radius 3 is 2.56 bits per heavy atom. The van der Waals surface area contributed by atoms with Gasteiger partial charge in [0.05, 0.1) is 5.69 Å². The predicted octanol–water partition coefficient (Wildman–Crippen LogP) is 2.96. The molecule has 1 amide bonds. The van der Waals surface area contributed by atoms with Crippen molar-refractivity contribution in [3.63, 3.8) is 0 Å². The van der Waals surface area contributed by atoms with E-state index in [0.717, 1.165) is 12.8 Å². The van der Waals surface area contributed by atoms with Crippen LogP contribution < -0.4 is 11.1 Å². The number of carbonyl (C=O) groups excluding carboxylic acids is 1. The Labute approximate surface area is 108 Å². The molecule has 0 aliphatic rings. The molecule has 0 bridgehead atoms. The largest absolute Gasteiger partial charge is 0.396 e. The van der Waals surface area contributed by atoms with Crippen molar-refractivity contribution in [2.75, 3.05) is 5.73 Å². The molecule has 0 fully saturated rings. The lowest BCUT2D eigenvalue weighted by Crippen LogP contribution is -2.32. The van der Waals surface area contributed by atoms with Crippen LogP contribution in [0.25, 0.3) is 0 Å². The number of benzene rings is 1. The molecule has 0 saturated carbocycles. The highest BCUT2D eigenvalue weighted by molar-refractivity contribution is 5.94. The van der Waals surface area contributed by atoms with E-state index in [1.54, 1.807) is 0 Å². The van der Waals surface area contributed by atoms with Crippen molar-refractivity contribution in [3.05, 3.63) is 29.6 Å². The van der Waals surface area contributed by atoms with Gasteiger partial charge in [0, 0.05) is 11.6 Å². The van der Waals surface area contributed by atoms with Crippen LogP contribution in [0.3, 0.4) is 0 Å². The summed E-state index contributed by atoms with van der Waals surface area (Å²) in [6.45, 7) is 6.24. The molecule has 0 heterocycles. The van der Waals surface area contributed by atoms with Crippen molar-refractivity contribution in [3.8, 4) is 0 Å². The molecule has 0 aliphatic carbocycles. The minimum atomic E-state index is -0.558. The smallest absolute Gasteiger partial charge is 0.251 e. The van der Waals surface area contributed by atoms with Crippen LogP contribution in [0.2, 0.25) is 0 Å². The van der Waals surface area contributed by atoms with Gasteiger partial charge in [-0.1, -0.05) is 13.8 Å². The van der Waals surface area contributed by atoms with Gasteiger partial charge in [0.2, 0.25) is 0 Å². The molecule has 0 aliphatic heterocycles. The summed E-state index contributed by atoms with van der Waals surface area (Å²) in [4.78, 5) is 11.8. The van der Waals surface area contributed by atoms with Crippen molar-refractivity contribution in [1.82, 2.24) is 5.32 Å². The maximum atomic E-state index is 13.2. The Kier molecular flexibility index (Phi) is 5.13. The van der Waals surface area contributed by atoms with E-state index >= 15 is 0 Å². The van der Waals surface area contributed by atoms with E-state index in [9.17, 15) is 9.18 Å². The zero-order valence-corrected chi connectivity index (χ0v) is 11.2. The molecule has 1 atom stereocenters. The fourth-order valence-corrected chi connectivity index (χ4v) is 1.63. The molecule has 3 N–H and O–H groups in total. The fraction of sp³-hybridized carbons (Fsp3) is 0.500. The molecule has 0 spiro atoms. The van der Waals surface area contributed by atoms with Gasteiger partial charge >= 0.3 is 0 Å². The molecule has 1 unspecified atom stereocenters. The number of nitrogen functional groups attached to an aromatic ring is 1. The highest BCUT2D eigenvalue weighted by Crippen LogP contribution is 2.12. The van der Waals surface area contributed by atoms with E-state index < -0.39 is 5.82 Å². The summed E-state index contributed by atoms with van der Waals surface area (Å²) >= 11 is 0. The zero-order chi connectivity index (χ0) is 13.7. The van der Waals surface area contributed by atoms with Gasteiger partial charge < -0.3 is 11.1 Å². The van der Waals surface area contributed by atoms with E-state index in [-0.39, 0.29) is 17.6 Å².